The van der Waals surface area contributed by atoms with Crippen molar-refractivity contribution < 1.29 is 12.8 Å². The normalized spacial score (nSPS) is 20.4. The van der Waals surface area contributed by atoms with Gasteiger partial charge >= 0.3 is 0 Å². The molecule has 21 heavy (non-hydrogen) atoms. The summed E-state index contributed by atoms with van der Waals surface area (Å²) < 4.78 is 37.3. The zero-order valence-corrected chi connectivity index (χ0v) is 14.0. The average molecular weight is 348 g/mol. The number of thiocarbonyl (C=S) groups is 1. The monoisotopic (exact) mass is 348 g/mol. The van der Waals surface area contributed by atoms with E-state index in [-0.39, 0.29) is 4.99 Å². The first-order valence-electron chi connectivity index (χ1n) is 6.37. The smallest absolute Gasteiger partial charge is 0.164 e. The second-order valence-electron chi connectivity index (χ2n) is 5.04. The van der Waals surface area contributed by atoms with Crippen LogP contribution in [0, 0.1) is 5.82 Å². The molecule has 8 heteroatoms. The predicted octanol–water partition coefficient (Wildman–Crippen LogP) is 1.38. The van der Waals surface area contributed by atoms with E-state index >= 15 is 0 Å². The summed E-state index contributed by atoms with van der Waals surface area (Å²) in [5, 5.41) is -0.534. The molecule has 0 spiro atoms. The van der Waals surface area contributed by atoms with E-state index in [1.165, 1.54) is 18.4 Å². The second-order valence-corrected chi connectivity index (χ2v) is 8.83. The highest BCUT2D eigenvalue weighted by Gasteiger charge is 2.30. The van der Waals surface area contributed by atoms with Gasteiger partial charge in [0.25, 0.3) is 0 Å². The highest BCUT2D eigenvalue weighted by atomic mass is 32.2. The van der Waals surface area contributed by atoms with E-state index in [4.69, 9.17) is 18.0 Å². The second kappa shape index (κ2) is 6.60. The molecule has 0 bridgehead atoms. The lowest BCUT2D eigenvalue weighted by molar-refractivity contribution is 0.262. The molecular weight excluding hydrogens is 331 g/mol. The summed E-state index contributed by atoms with van der Waals surface area (Å²) in [6, 6.07) is 4.39. The fraction of sp³-hybridized carbons (Fsp3) is 0.462. The van der Waals surface area contributed by atoms with Crippen LogP contribution < -0.4 is 5.73 Å². The minimum atomic E-state index is -3.17. The molecule has 0 radical (unpaired) electrons. The summed E-state index contributed by atoms with van der Waals surface area (Å²) in [4.78, 5) is 1.99. The fourth-order valence-corrected chi connectivity index (χ4v) is 5.37. The van der Waals surface area contributed by atoms with Crippen LogP contribution in [0.1, 0.15) is 11.1 Å². The van der Waals surface area contributed by atoms with Gasteiger partial charge in [0.1, 0.15) is 16.2 Å². The number of hydrogen-bond donors (Lipinski definition) is 1. The van der Waals surface area contributed by atoms with Crippen molar-refractivity contribution >= 4 is 38.8 Å². The van der Waals surface area contributed by atoms with Crippen LogP contribution in [0.3, 0.4) is 0 Å². The van der Waals surface area contributed by atoms with Crippen LogP contribution in [0.2, 0.25) is 0 Å². The molecule has 0 saturated carbocycles. The number of rotatable bonds is 4. The number of nitrogens with zero attached hydrogens (tertiary/aromatic N) is 1. The molecule has 2 N–H and O–H groups in total. The Balaban J connectivity index is 2.25. The van der Waals surface area contributed by atoms with Crippen molar-refractivity contribution in [2.24, 2.45) is 5.73 Å². The number of benzene rings is 1. The van der Waals surface area contributed by atoms with Crippen LogP contribution in [-0.2, 0) is 16.4 Å². The molecule has 1 atom stereocenters. The third-order valence-corrected chi connectivity index (χ3v) is 6.24. The number of sulfone groups is 1. The Morgan fingerprint density at radius 2 is 2.24 bits per heavy atom. The van der Waals surface area contributed by atoms with E-state index in [9.17, 15) is 12.8 Å². The van der Waals surface area contributed by atoms with Gasteiger partial charge in [-0.25, -0.2) is 12.8 Å². The standard InChI is InChI=1S/C13H17FN2O2S3/c1-21(17,18)12-8-20-3-2-16(12)7-9-4-10(13(15)19)6-11(14)5-9/h4-6,12H,2-3,7-8H2,1H3,(H2,15,19). The van der Waals surface area contributed by atoms with Crippen molar-refractivity contribution in [1.82, 2.24) is 4.90 Å². The summed E-state index contributed by atoms with van der Waals surface area (Å²) in [6.45, 7) is 1.02. The number of halogens is 1. The molecule has 1 saturated heterocycles. The topological polar surface area (TPSA) is 63.4 Å². The van der Waals surface area contributed by atoms with Gasteiger partial charge in [-0.05, 0) is 23.8 Å². The van der Waals surface area contributed by atoms with Gasteiger partial charge in [0.15, 0.2) is 9.84 Å². The van der Waals surface area contributed by atoms with Crippen LogP contribution >= 0.6 is 24.0 Å². The number of thioether (sulfide) groups is 1. The van der Waals surface area contributed by atoms with Crippen molar-refractivity contribution in [3.8, 4) is 0 Å². The summed E-state index contributed by atoms with van der Waals surface area (Å²) in [7, 11) is -3.17. The fourth-order valence-electron chi connectivity index (χ4n) is 2.31. The molecule has 2 rings (SSSR count). The number of hydrogen-bond acceptors (Lipinski definition) is 5. The third-order valence-electron chi connectivity index (χ3n) is 3.31. The van der Waals surface area contributed by atoms with Gasteiger partial charge in [0.2, 0.25) is 0 Å². The maximum absolute atomic E-state index is 13.6. The molecule has 1 aliphatic heterocycles. The lowest BCUT2D eigenvalue weighted by atomic mass is 10.1. The van der Waals surface area contributed by atoms with Crippen molar-refractivity contribution in [3.63, 3.8) is 0 Å². The van der Waals surface area contributed by atoms with Gasteiger partial charge < -0.3 is 5.73 Å². The van der Waals surface area contributed by atoms with E-state index in [2.05, 4.69) is 0 Å². The Kier molecular flexibility index (Phi) is 5.24. The van der Waals surface area contributed by atoms with Crippen LogP contribution in [0.5, 0.6) is 0 Å². The van der Waals surface area contributed by atoms with E-state index < -0.39 is 21.0 Å². The van der Waals surface area contributed by atoms with E-state index in [0.717, 1.165) is 5.75 Å². The summed E-state index contributed by atoms with van der Waals surface area (Å²) in [6.07, 6.45) is 1.24. The van der Waals surface area contributed by atoms with Crippen LogP contribution in [0.25, 0.3) is 0 Å². The molecule has 1 unspecified atom stereocenters. The molecule has 1 fully saturated rings. The Hall–Kier alpha value is -0.700. The Morgan fingerprint density at radius 1 is 1.52 bits per heavy atom. The highest BCUT2D eigenvalue weighted by molar-refractivity contribution is 8.00. The molecule has 0 aromatic heterocycles. The molecule has 1 aliphatic rings. The molecular formula is C13H17FN2O2S3. The predicted molar refractivity (Wildman–Crippen MR) is 88.7 cm³/mol. The zero-order valence-electron chi connectivity index (χ0n) is 11.6. The maximum Gasteiger partial charge on any atom is 0.164 e. The average Bonchev–Trinajstić information content (AvgIpc) is 2.37. The summed E-state index contributed by atoms with van der Waals surface area (Å²) in [5.41, 5.74) is 6.67. The molecule has 0 amide bonds. The zero-order chi connectivity index (χ0) is 15.6. The number of nitrogens with two attached hydrogens (primary N) is 1. The first-order valence-corrected chi connectivity index (χ1v) is 9.89. The van der Waals surface area contributed by atoms with Gasteiger partial charge in [0.05, 0.1) is 0 Å². The quantitative estimate of drug-likeness (QED) is 0.830. The molecule has 1 aromatic carbocycles. The summed E-state index contributed by atoms with van der Waals surface area (Å²) >= 11 is 6.49. The van der Waals surface area contributed by atoms with E-state index in [1.54, 1.807) is 17.8 Å². The Bertz CT molecular complexity index is 649. The van der Waals surface area contributed by atoms with E-state index in [0.29, 0.717) is 30.0 Å². The van der Waals surface area contributed by atoms with E-state index in [1.807, 2.05) is 4.90 Å². The molecule has 1 aromatic rings. The highest BCUT2D eigenvalue weighted by Crippen LogP contribution is 2.23. The Morgan fingerprint density at radius 3 is 2.86 bits per heavy atom. The van der Waals surface area contributed by atoms with Crippen LogP contribution in [0.4, 0.5) is 4.39 Å². The minimum absolute atomic E-state index is 0.129. The first kappa shape index (κ1) is 16.7. The molecule has 116 valence electrons. The lowest BCUT2D eigenvalue weighted by Crippen LogP contribution is -2.46. The van der Waals surface area contributed by atoms with Crippen LogP contribution in [0.15, 0.2) is 18.2 Å². The van der Waals surface area contributed by atoms with Gasteiger partial charge in [-0.15, -0.1) is 0 Å². The summed E-state index contributed by atoms with van der Waals surface area (Å²) in [5.74, 6) is 0.984. The van der Waals surface area contributed by atoms with Gasteiger partial charge in [-0.2, -0.15) is 11.8 Å². The van der Waals surface area contributed by atoms with Crippen molar-refractivity contribution in [1.29, 1.82) is 0 Å². The molecule has 1 heterocycles. The van der Waals surface area contributed by atoms with Crippen molar-refractivity contribution in [2.45, 2.75) is 11.9 Å². The maximum atomic E-state index is 13.6. The Labute approximate surface area is 133 Å². The minimum Gasteiger partial charge on any atom is -0.389 e. The van der Waals surface area contributed by atoms with Gasteiger partial charge in [-0.1, -0.05) is 12.2 Å². The van der Waals surface area contributed by atoms with Crippen LogP contribution in [-0.4, -0.2) is 48.0 Å². The van der Waals surface area contributed by atoms with Gasteiger partial charge in [-0.3, -0.25) is 4.90 Å². The largest absolute Gasteiger partial charge is 0.389 e. The lowest BCUT2D eigenvalue weighted by Gasteiger charge is -2.34. The van der Waals surface area contributed by atoms with Crippen molar-refractivity contribution in [3.05, 3.63) is 35.1 Å². The third kappa shape index (κ3) is 4.38. The molecule has 4 nitrogen and oxygen atoms in total. The van der Waals surface area contributed by atoms with Crippen molar-refractivity contribution in [2.75, 3.05) is 24.3 Å². The molecule has 0 aliphatic carbocycles. The van der Waals surface area contributed by atoms with Gasteiger partial charge in [0, 0.05) is 36.4 Å². The SMILES string of the molecule is CS(=O)(=O)C1CSCCN1Cc1cc(F)cc(C(N)=S)c1. The first-order chi connectivity index (χ1) is 9.77.